The van der Waals surface area contributed by atoms with Gasteiger partial charge in [-0.2, -0.15) is 0 Å². The van der Waals surface area contributed by atoms with E-state index in [1.807, 2.05) is 0 Å². The van der Waals surface area contributed by atoms with Crippen molar-refractivity contribution < 1.29 is 4.74 Å². The van der Waals surface area contributed by atoms with Gasteiger partial charge in [0.2, 0.25) is 0 Å². The summed E-state index contributed by atoms with van der Waals surface area (Å²) in [5.41, 5.74) is 0.816. The Hall–Kier alpha value is -0.120. The zero-order chi connectivity index (χ0) is 13.6. The van der Waals surface area contributed by atoms with Crippen LogP contribution in [0.25, 0.3) is 0 Å². The van der Waals surface area contributed by atoms with Crippen LogP contribution in [0.1, 0.15) is 58.3 Å². The van der Waals surface area contributed by atoms with Gasteiger partial charge in [0.15, 0.2) is 0 Å². The fraction of sp³-hybridized carbons (Fsp3) is 1.00. The molecule has 2 atom stereocenters. The molecule has 2 unspecified atom stereocenters. The third-order valence-electron chi connectivity index (χ3n) is 6.56. The van der Waals surface area contributed by atoms with E-state index in [-0.39, 0.29) is 0 Å². The van der Waals surface area contributed by atoms with Crippen molar-refractivity contribution in [1.82, 2.24) is 10.2 Å². The summed E-state index contributed by atoms with van der Waals surface area (Å²) >= 11 is 0. The third kappa shape index (κ3) is 2.22. The smallest absolute Gasteiger partial charge is 0.0622 e. The standard InChI is InChI=1S/C17H30N2O/c1-16(14-5-6-14)12-18-17(8-3-2-4-9-17)13-19(16)15-7-10-20-11-15/h14-15,18H,2-13H2,1H3. The molecule has 2 heterocycles. The number of nitrogens with zero attached hydrogens (tertiary/aromatic N) is 1. The number of rotatable bonds is 2. The summed E-state index contributed by atoms with van der Waals surface area (Å²) in [5.74, 6) is 0.927. The lowest BCUT2D eigenvalue weighted by molar-refractivity contribution is -0.0420. The number of hydrogen-bond donors (Lipinski definition) is 1. The van der Waals surface area contributed by atoms with Gasteiger partial charge < -0.3 is 10.1 Å². The molecule has 4 rings (SSSR count). The van der Waals surface area contributed by atoms with Gasteiger partial charge in [0.25, 0.3) is 0 Å². The average molecular weight is 278 g/mol. The van der Waals surface area contributed by atoms with E-state index in [1.165, 1.54) is 64.5 Å². The molecule has 2 saturated carbocycles. The molecule has 0 aromatic heterocycles. The maximum atomic E-state index is 5.72. The lowest BCUT2D eigenvalue weighted by Gasteiger charge is -2.57. The van der Waals surface area contributed by atoms with Crippen LogP contribution in [-0.4, -0.2) is 48.3 Å². The van der Waals surface area contributed by atoms with Crippen molar-refractivity contribution in [2.75, 3.05) is 26.3 Å². The summed E-state index contributed by atoms with van der Waals surface area (Å²) in [6, 6.07) is 0.682. The Morgan fingerprint density at radius 1 is 1.10 bits per heavy atom. The van der Waals surface area contributed by atoms with E-state index in [1.54, 1.807) is 0 Å². The Labute approximate surface area is 123 Å². The Kier molecular flexibility index (Phi) is 3.36. The molecule has 114 valence electrons. The van der Waals surface area contributed by atoms with Gasteiger partial charge in [-0.1, -0.05) is 19.3 Å². The van der Waals surface area contributed by atoms with Crippen molar-refractivity contribution in [2.45, 2.75) is 75.4 Å². The van der Waals surface area contributed by atoms with E-state index in [0.29, 0.717) is 17.1 Å². The second-order valence-electron chi connectivity index (χ2n) is 7.97. The lowest BCUT2D eigenvalue weighted by atomic mass is 9.75. The van der Waals surface area contributed by atoms with Crippen LogP contribution in [0.2, 0.25) is 0 Å². The SMILES string of the molecule is CC1(C2CC2)CNC2(CCCCC2)CN1C1CCOC1. The Morgan fingerprint density at radius 3 is 2.55 bits per heavy atom. The van der Waals surface area contributed by atoms with E-state index >= 15 is 0 Å². The number of ether oxygens (including phenoxy) is 1. The van der Waals surface area contributed by atoms with Crippen LogP contribution in [0.4, 0.5) is 0 Å². The van der Waals surface area contributed by atoms with Crippen LogP contribution >= 0.6 is 0 Å². The van der Waals surface area contributed by atoms with E-state index in [4.69, 9.17) is 4.74 Å². The van der Waals surface area contributed by atoms with E-state index in [9.17, 15) is 0 Å². The van der Waals surface area contributed by atoms with Crippen molar-refractivity contribution in [3.63, 3.8) is 0 Å². The van der Waals surface area contributed by atoms with Crippen molar-refractivity contribution in [3.05, 3.63) is 0 Å². The molecule has 0 aromatic carbocycles. The molecule has 2 aliphatic heterocycles. The van der Waals surface area contributed by atoms with Gasteiger partial charge in [-0.05, 0) is 44.9 Å². The quantitative estimate of drug-likeness (QED) is 0.840. The lowest BCUT2D eigenvalue weighted by Crippen LogP contribution is -2.72. The highest BCUT2D eigenvalue weighted by molar-refractivity contribution is 5.11. The fourth-order valence-electron chi connectivity index (χ4n) is 4.99. The topological polar surface area (TPSA) is 24.5 Å². The molecule has 2 aliphatic carbocycles. The second-order valence-corrected chi connectivity index (χ2v) is 7.97. The van der Waals surface area contributed by atoms with Gasteiger partial charge in [0, 0.05) is 36.8 Å². The largest absolute Gasteiger partial charge is 0.380 e. The van der Waals surface area contributed by atoms with Crippen molar-refractivity contribution >= 4 is 0 Å². The maximum absolute atomic E-state index is 5.72. The number of hydrogen-bond acceptors (Lipinski definition) is 3. The van der Waals surface area contributed by atoms with Crippen molar-refractivity contribution in [1.29, 1.82) is 0 Å². The molecule has 4 aliphatic rings. The maximum Gasteiger partial charge on any atom is 0.0622 e. The molecule has 4 fully saturated rings. The summed E-state index contributed by atoms with van der Waals surface area (Å²) in [5, 5.41) is 4.02. The first-order chi connectivity index (χ1) is 9.72. The molecule has 2 saturated heterocycles. The van der Waals surface area contributed by atoms with Gasteiger partial charge >= 0.3 is 0 Å². The molecular weight excluding hydrogens is 248 g/mol. The first-order valence-corrected chi connectivity index (χ1v) is 8.81. The molecule has 0 aromatic rings. The Morgan fingerprint density at radius 2 is 1.90 bits per heavy atom. The van der Waals surface area contributed by atoms with Crippen LogP contribution in [0, 0.1) is 5.92 Å². The second kappa shape index (κ2) is 4.96. The first kappa shape index (κ1) is 13.5. The van der Waals surface area contributed by atoms with E-state index in [0.717, 1.165) is 19.1 Å². The molecule has 3 nitrogen and oxygen atoms in total. The molecule has 3 heteroatoms. The van der Waals surface area contributed by atoms with Crippen molar-refractivity contribution in [2.24, 2.45) is 5.92 Å². The van der Waals surface area contributed by atoms with Crippen LogP contribution < -0.4 is 5.32 Å². The van der Waals surface area contributed by atoms with Crippen LogP contribution in [0.5, 0.6) is 0 Å². The van der Waals surface area contributed by atoms with Gasteiger partial charge in [-0.3, -0.25) is 4.90 Å². The molecule has 0 amide bonds. The minimum Gasteiger partial charge on any atom is -0.380 e. The highest BCUT2D eigenvalue weighted by Crippen LogP contribution is 2.47. The Bertz CT molecular complexity index is 356. The molecule has 20 heavy (non-hydrogen) atoms. The minimum absolute atomic E-state index is 0.390. The van der Waals surface area contributed by atoms with Crippen LogP contribution in [-0.2, 0) is 4.74 Å². The zero-order valence-electron chi connectivity index (χ0n) is 13.0. The van der Waals surface area contributed by atoms with Crippen molar-refractivity contribution in [3.8, 4) is 0 Å². The van der Waals surface area contributed by atoms with E-state index < -0.39 is 0 Å². The van der Waals surface area contributed by atoms with Crippen LogP contribution in [0.3, 0.4) is 0 Å². The number of piperazine rings is 1. The summed E-state index contributed by atoms with van der Waals surface area (Å²) in [6.45, 7) is 6.94. The summed E-state index contributed by atoms with van der Waals surface area (Å²) in [4.78, 5) is 2.89. The molecular formula is C17H30N2O. The normalized spacial score (nSPS) is 42.1. The minimum atomic E-state index is 0.390. The Balaban J connectivity index is 1.57. The monoisotopic (exact) mass is 278 g/mol. The summed E-state index contributed by atoms with van der Waals surface area (Å²) < 4.78 is 5.72. The fourth-order valence-corrected chi connectivity index (χ4v) is 4.99. The number of nitrogens with one attached hydrogen (secondary N) is 1. The summed E-state index contributed by atoms with van der Waals surface area (Å²) in [6.07, 6.45) is 11.2. The molecule has 1 spiro atoms. The average Bonchev–Trinajstić information content (AvgIpc) is 3.20. The highest BCUT2D eigenvalue weighted by atomic mass is 16.5. The van der Waals surface area contributed by atoms with Gasteiger partial charge in [-0.25, -0.2) is 0 Å². The van der Waals surface area contributed by atoms with E-state index in [2.05, 4.69) is 17.1 Å². The van der Waals surface area contributed by atoms with Gasteiger partial charge in [0.1, 0.15) is 0 Å². The molecule has 1 N–H and O–H groups in total. The first-order valence-electron chi connectivity index (χ1n) is 8.81. The van der Waals surface area contributed by atoms with Crippen LogP contribution in [0.15, 0.2) is 0 Å². The molecule has 0 radical (unpaired) electrons. The summed E-state index contributed by atoms with van der Waals surface area (Å²) in [7, 11) is 0. The predicted octanol–water partition coefficient (Wildman–Crippen LogP) is 2.55. The third-order valence-corrected chi connectivity index (χ3v) is 6.56. The molecule has 0 bridgehead atoms. The highest BCUT2D eigenvalue weighted by Gasteiger charge is 2.54. The van der Waals surface area contributed by atoms with Gasteiger partial charge in [-0.15, -0.1) is 0 Å². The predicted molar refractivity (Wildman–Crippen MR) is 80.9 cm³/mol. The zero-order valence-corrected chi connectivity index (χ0v) is 13.0. The van der Waals surface area contributed by atoms with Gasteiger partial charge in [0.05, 0.1) is 6.61 Å².